The van der Waals surface area contributed by atoms with Gasteiger partial charge < -0.3 is 4.74 Å². The Balaban J connectivity index is 1.60. The lowest BCUT2D eigenvalue weighted by molar-refractivity contribution is -0.0305. The Morgan fingerprint density at radius 2 is 2.00 bits per heavy atom. The van der Waals surface area contributed by atoms with Gasteiger partial charge in [0.15, 0.2) is 0 Å². The summed E-state index contributed by atoms with van der Waals surface area (Å²) in [6.07, 6.45) is 6.44. The fourth-order valence-corrected chi connectivity index (χ4v) is 6.21. The van der Waals surface area contributed by atoms with Gasteiger partial charge in [0.2, 0.25) is 5.66 Å². The highest BCUT2D eigenvalue weighted by Crippen LogP contribution is 2.48. The summed E-state index contributed by atoms with van der Waals surface area (Å²) >= 11 is 5.19. The van der Waals surface area contributed by atoms with Crippen LogP contribution in [0.3, 0.4) is 0 Å². The molecule has 6 rings (SSSR count). The van der Waals surface area contributed by atoms with Crippen LogP contribution < -0.4 is 0 Å². The first-order valence-corrected chi connectivity index (χ1v) is 12.6. The maximum absolute atomic E-state index is 6.21. The van der Waals surface area contributed by atoms with Gasteiger partial charge in [0, 0.05) is 22.8 Å². The summed E-state index contributed by atoms with van der Waals surface area (Å²) in [6.45, 7) is 2.73. The number of aliphatic imine (C=N–C) groups is 1. The van der Waals surface area contributed by atoms with E-state index >= 15 is 0 Å². The second kappa shape index (κ2) is 8.23. The van der Waals surface area contributed by atoms with E-state index in [-0.39, 0.29) is 6.10 Å². The van der Waals surface area contributed by atoms with Crippen molar-refractivity contribution in [3.05, 3.63) is 63.7 Å². The van der Waals surface area contributed by atoms with Crippen molar-refractivity contribution in [2.75, 3.05) is 6.61 Å². The Labute approximate surface area is 203 Å². The summed E-state index contributed by atoms with van der Waals surface area (Å²) in [5, 5.41) is 9.72. The Hall–Kier alpha value is -2.75. The van der Waals surface area contributed by atoms with Crippen molar-refractivity contribution in [3.8, 4) is 22.0 Å². The zero-order chi connectivity index (χ0) is 22.4. The van der Waals surface area contributed by atoms with Crippen LogP contribution in [0.5, 0.6) is 0 Å². The fraction of sp³-hybridized carbons (Fsp3) is 0.292. The number of hydrogen-bond acceptors (Lipinski definition) is 7. The molecule has 0 saturated carbocycles. The molecule has 166 valence electrons. The van der Waals surface area contributed by atoms with E-state index in [1.54, 1.807) is 17.7 Å². The maximum atomic E-state index is 6.21. The molecule has 2 aliphatic rings. The van der Waals surface area contributed by atoms with Crippen LogP contribution in [0.4, 0.5) is 0 Å². The summed E-state index contributed by atoms with van der Waals surface area (Å²) in [4.78, 5) is 15.7. The number of thiazole rings is 1. The van der Waals surface area contributed by atoms with Crippen LogP contribution in [0.1, 0.15) is 29.8 Å². The van der Waals surface area contributed by atoms with Crippen molar-refractivity contribution < 1.29 is 4.74 Å². The molecule has 1 saturated heterocycles. The monoisotopic (exact) mass is 520 g/mol. The van der Waals surface area contributed by atoms with Gasteiger partial charge in [0.05, 0.1) is 16.3 Å². The minimum atomic E-state index is -0.906. The Morgan fingerprint density at radius 3 is 2.76 bits per heavy atom. The van der Waals surface area contributed by atoms with Gasteiger partial charge in [-0.1, -0.05) is 30.3 Å². The number of rotatable bonds is 4. The van der Waals surface area contributed by atoms with Gasteiger partial charge in [-0.05, 0) is 54.2 Å². The number of aryl methyl sites for hydroxylation is 1. The van der Waals surface area contributed by atoms with Crippen molar-refractivity contribution in [2.24, 2.45) is 15.2 Å². The Kier molecular flexibility index (Phi) is 5.20. The van der Waals surface area contributed by atoms with Gasteiger partial charge in [0.25, 0.3) is 0 Å². The normalized spacial score (nSPS) is 22.4. The van der Waals surface area contributed by atoms with E-state index in [1.165, 1.54) is 0 Å². The molecule has 5 heterocycles. The van der Waals surface area contributed by atoms with E-state index in [2.05, 4.69) is 42.7 Å². The quantitative estimate of drug-likeness (QED) is 0.311. The molecule has 0 radical (unpaired) electrons. The second-order valence-corrected chi connectivity index (χ2v) is 10.1. The number of halogens is 1. The summed E-state index contributed by atoms with van der Waals surface area (Å²) in [6, 6.07) is 14.2. The highest BCUT2D eigenvalue weighted by Gasteiger charge is 2.48. The van der Waals surface area contributed by atoms with E-state index < -0.39 is 5.66 Å². The van der Waals surface area contributed by atoms with Crippen LogP contribution in [-0.4, -0.2) is 33.4 Å². The molecule has 1 fully saturated rings. The number of aromatic nitrogens is 3. The maximum Gasteiger partial charge on any atom is 0.234 e. The minimum absolute atomic E-state index is 0.165. The average molecular weight is 521 g/mol. The summed E-state index contributed by atoms with van der Waals surface area (Å²) in [7, 11) is 0. The molecular weight excluding hydrogens is 500 g/mol. The molecule has 2 unspecified atom stereocenters. The van der Waals surface area contributed by atoms with Gasteiger partial charge in [-0.3, -0.25) is 4.40 Å². The molecule has 9 heteroatoms. The lowest BCUT2D eigenvalue weighted by Crippen LogP contribution is -2.39. The van der Waals surface area contributed by atoms with Crippen molar-refractivity contribution in [1.82, 2.24) is 14.4 Å². The number of nitrogens with zero attached hydrogens (tertiary/aromatic N) is 6. The molecule has 1 aromatic carbocycles. The molecule has 2 atom stereocenters. The van der Waals surface area contributed by atoms with Crippen molar-refractivity contribution in [1.29, 1.82) is 0 Å². The fourth-order valence-electron chi connectivity index (χ4n) is 4.57. The predicted molar refractivity (Wildman–Crippen MR) is 133 cm³/mol. The van der Waals surface area contributed by atoms with E-state index in [9.17, 15) is 0 Å². The van der Waals surface area contributed by atoms with E-state index in [0.717, 1.165) is 61.9 Å². The summed E-state index contributed by atoms with van der Waals surface area (Å²) in [5.41, 5.74) is 3.76. The van der Waals surface area contributed by atoms with Crippen LogP contribution in [0.2, 0.25) is 0 Å². The average Bonchev–Trinajstić information content (AvgIpc) is 3.57. The van der Waals surface area contributed by atoms with E-state index in [1.807, 2.05) is 43.5 Å². The zero-order valence-electron chi connectivity index (χ0n) is 18.0. The third kappa shape index (κ3) is 3.46. The summed E-state index contributed by atoms with van der Waals surface area (Å²) in [5.74, 6) is 0. The molecular formula is C24H21BrN6OS. The van der Waals surface area contributed by atoms with Gasteiger partial charge in [-0.15, -0.1) is 21.6 Å². The van der Waals surface area contributed by atoms with Crippen LogP contribution in [0.25, 0.3) is 27.6 Å². The van der Waals surface area contributed by atoms with E-state index in [0.29, 0.717) is 6.61 Å². The number of fused-ring (bicyclic) bond motifs is 1. The SMILES string of the molecule is Cc1nc2ccc(Br)cn2c1-c1nc(-c2ccccc2)c(C2(C3CCCCO3)N=CN=N2)s1. The number of benzene rings is 1. The standard InChI is InChI=1S/C24H21BrN6OS/c1-15-21(31-13-17(25)10-11-19(31)28-15)23-29-20(16-7-3-2-4-8-16)22(33-23)24(26-14-27-30-24)18-9-5-6-12-32-18/h2-4,7-8,10-11,13-14,18H,5-6,9,12H2,1H3. The number of imidazole rings is 1. The molecule has 0 N–H and O–H groups in total. The van der Waals surface area contributed by atoms with Gasteiger partial charge in [-0.25, -0.2) is 15.0 Å². The highest BCUT2D eigenvalue weighted by atomic mass is 79.9. The van der Waals surface area contributed by atoms with Gasteiger partial charge >= 0.3 is 0 Å². The van der Waals surface area contributed by atoms with Gasteiger partial charge in [0.1, 0.15) is 28.8 Å². The number of hydrogen-bond donors (Lipinski definition) is 0. The molecule has 2 aliphatic heterocycles. The topological polar surface area (TPSA) is 76.5 Å². The highest BCUT2D eigenvalue weighted by molar-refractivity contribution is 9.10. The predicted octanol–water partition coefficient (Wildman–Crippen LogP) is 6.41. The molecule has 0 aliphatic carbocycles. The smallest absolute Gasteiger partial charge is 0.234 e. The molecule has 3 aromatic heterocycles. The van der Waals surface area contributed by atoms with Crippen molar-refractivity contribution >= 4 is 39.3 Å². The van der Waals surface area contributed by atoms with Gasteiger partial charge in [-0.2, -0.15) is 0 Å². The Bertz CT molecular complexity index is 1370. The number of ether oxygens (including phenoxy) is 1. The van der Waals surface area contributed by atoms with Crippen LogP contribution in [0, 0.1) is 6.92 Å². The number of pyridine rings is 1. The minimum Gasteiger partial charge on any atom is -0.373 e. The third-order valence-electron chi connectivity index (χ3n) is 6.11. The summed E-state index contributed by atoms with van der Waals surface area (Å²) < 4.78 is 9.27. The lowest BCUT2D eigenvalue weighted by Gasteiger charge is -2.33. The first kappa shape index (κ1) is 20.8. The first-order valence-electron chi connectivity index (χ1n) is 10.9. The van der Waals surface area contributed by atoms with Crippen LogP contribution >= 0.6 is 27.3 Å². The lowest BCUT2D eigenvalue weighted by atomic mass is 9.93. The molecule has 0 amide bonds. The Morgan fingerprint density at radius 1 is 1.12 bits per heavy atom. The van der Waals surface area contributed by atoms with Crippen molar-refractivity contribution in [3.63, 3.8) is 0 Å². The number of azo groups is 1. The molecule has 33 heavy (non-hydrogen) atoms. The van der Waals surface area contributed by atoms with Crippen molar-refractivity contribution in [2.45, 2.75) is 38.0 Å². The van der Waals surface area contributed by atoms with Crippen LogP contribution in [-0.2, 0) is 10.4 Å². The van der Waals surface area contributed by atoms with E-state index in [4.69, 9.17) is 19.7 Å². The first-order chi connectivity index (χ1) is 16.2. The van der Waals surface area contributed by atoms with Crippen LogP contribution in [0.15, 0.2) is 68.4 Å². The molecule has 7 nitrogen and oxygen atoms in total. The second-order valence-electron chi connectivity index (χ2n) is 8.23. The largest absolute Gasteiger partial charge is 0.373 e. The molecule has 0 spiro atoms. The molecule has 0 bridgehead atoms. The third-order valence-corrected chi connectivity index (χ3v) is 7.76. The molecule has 4 aromatic rings. The zero-order valence-corrected chi connectivity index (χ0v) is 20.4.